The Labute approximate surface area is 104 Å². The van der Waals surface area contributed by atoms with Crippen LogP contribution in [0.25, 0.3) is 0 Å². The molecule has 1 aromatic rings. The van der Waals surface area contributed by atoms with E-state index in [-0.39, 0.29) is 11.5 Å². The van der Waals surface area contributed by atoms with Crippen molar-refractivity contribution >= 4 is 5.71 Å². The van der Waals surface area contributed by atoms with Gasteiger partial charge in [-0.1, -0.05) is 50.3 Å². The molecule has 17 heavy (non-hydrogen) atoms. The van der Waals surface area contributed by atoms with Crippen LogP contribution in [-0.2, 0) is 0 Å². The maximum absolute atomic E-state index is 6.36. The zero-order valence-electron chi connectivity index (χ0n) is 11.1. The molecule has 0 bridgehead atoms. The van der Waals surface area contributed by atoms with E-state index in [4.69, 9.17) is 5.73 Å². The summed E-state index contributed by atoms with van der Waals surface area (Å²) >= 11 is 0. The van der Waals surface area contributed by atoms with E-state index in [2.05, 4.69) is 31.0 Å². The van der Waals surface area contributed by atoms with Crippen molar-refractivity contribution in [1.29, 1.82) is 0 Å². The highest BCUT2D eigenvalue weighted by Crippen LogP contribution is 2.33. The van der Waals surface area contributed by atoms with Gasteiger partial charge in [-0.25, -0.2) is 0 Å². The van der Waals surface area contributed by atoms with Crippen LogP contribution in [0.15, 0.2) is 47.5 Å². The number of benzene rings is 1. The molecule has 0 aliphatic rings. The zero-order valence-corrected chi connectivity index (χ0v) is 11.1. The van der Waals surface area contributed by atoms with Gasteiger partial charge in [-0.05, 0) is 18.6 Å². The first kappa shape index (κ1) is 13.7. The second kappa shape index (κ2) is 5.78. The van der Waals surface area contributed by atoms with Crippen molar-refractivity contribution in [3.8, 4) is 0 Å². The lowest BCUT2D eigenvalue weighted by Crippen LogP contribution is -2.35. The molecule has 1 rings (SSSR count). The number of allylic oxidation sites excluding steroid dienone is 2. The topological polar surface area (TPSA) is 38.4 Å². The molecule has 0 heterocycles. The minimum Gasteiger partial charge on any atom is -0.323 e. The summed E-state index contributed by atoms with van der Waals surface area (Å²) in [5.74, 6) is 0. The predicted molar refractivity (Wildman–Crippen MR) is 75.3 cm³/mol. The molecular formula is C15H22N2. The number of hydrogen-bond acceptors (Lipinski definition) is 2. The molecule has 92 valence electrons. The summed E-state index contributed by atoms with van der Waals surface area (Å²) in [5.41, 5.74) is 8.35. The highest BCUT2D eigenvalue weighted by Gasteiger charge is 2.31. The van der Waals surface area contributed by atoms with E-state index in [1.54, 1.807) is 0 Å². The van der Waals surface area contributed by atoms with Crippen molar-refractivity contribution in [3.05, 3.63) is 48.0 Å². The van der Waals surface area contributed by atoms with Gasteiger partial charge >= 0.3 is 0 Å². The van der Waals surface area contributed by atoms with E-state index >= 15 is 0 Å². The Kier molecular flexibility index (Phi) is 4.64. The SMILES string of the molecule is CC=CC(=NC)C(C)(C)C(N)c1ccccc1. The number of rotatable bonds is 4. The highest BCUT2D eigenvalue weighted by atomic mass is 14.8. The summed E-state index contributed by atoms with van der Waals surface area (Å²) in [5, 5.41) is 0. The Morgan fingerprint density at radius 3 is 2.35 bits per heavy atom. The fourth-order valence-electron chi connectivity index (χ4n) is 1.97. The second-order valence-corrected chi connectivity index (χ2v) is 4.72. The molecule has 0 radical (unpaired) electrons. The Balaban J connectivity index is 3.05. The van der Waals surface area contributed by atoms with Crippen molar-refractivity contribution in [2.75, 3.05) is 7.05 Å². The van der Waals surface area contributed by atoms with Crippen molar-refractivity contribution in [1.82, 2.24) is 0 Å². The summed E-state index contributed by atoms with van der Waals surface area (Å²) in [6.07, 6.45) is 4.03. The third kappa shape index (κ3) is 3.04. The second-order valence-electron chi connectivity index (χ2n) is 4.72. The molecule has 2 heteroatoms. The quantitative estimate of drug-likeness (QED) is 0.791. The van der Waals surface area contributed by atoms with Gasteiger partial charge in [0.05, 0.1) is 0 Å². The lowest BCUT2D eigenvalue weighted by molar-refractivity contribution is 0.416. The van der Waals surface area contributed by atoms with Gasteiger partial charge in [-0.3, -0.25) is 4.99 Å². The number of nitrogens with zero attached hydrogens (tertiary/aromatic N) is 1. The first-order valence-electron chi connectivity index (χ1n) is 5.94. The smallest absolute Gasteiger partial charge is 0.0416 e. The first-order valence-corrected chi connectivity index (χ1v) is 5.94. The Morgan fingerprint density at radius 1 is 1.29 bits per heavy atom. The van der Waals surface area contributed by atoms with Gasteiger partial charge in [0.2, 0.25) is 0 Å². The molecule has 0 aliphatic heterocycles. The van der Waals surface area contributed by atoms with Crippen molar-refractivity contribution in [2.45, 2.75) is 26.8 Å². The standard InChI is InChI=1S/C15H22N2/c1-5-9-13(17-4)15(2,3)14(16)12-10-7-6-8-11-12/h5-11,14H,16H2,1-4H3. The molecule has 0 spiro atoms. The monoisotopic (exact) mass is 230 g/mol. The minimum absolute atomic E-state index is 0.0569. The normalized spacial score (nSPS) is 15.2. The molecule has 2 nitrogen and oxygen atoms in total. The summed E-state index contributed by atoms with van der Waals surface area (Å²) < 4.78 is 0. The van der Waals surface area contributed by atoms with Crippen LogP contribution >= 0.6 is 0 Å². The van der Waals surface area contributed by atoms with Crippen molar-refractivity contribution in [2.24, 2.45) is 16.1 Å². The van der Waals surface area contributed by atoms with Crippen LogP contribution in [0.5, 0.6) is 0 Å². The van der Waals surface area contributed by atoms with E-state index in [0.717, 1.165) is 11.3 Å². The third-order valence-electron chi connectivity index (χ3n) is 3.16. The van der Waals surface area contributed by atoms with Crippen LogP contribution < -0.4 is 5.73 Å². The fourth-order valence-corrected chi connectivity index (χ4v) is 1.97. The van der Waals surface area contributed by atoms with Crippen LogP contribution in [-0.4, -0.2) is 12.8 Å². The van der Waals surface area contributed by atoms with E-state index in [1.165, 1.54) is 0 Å². The first-order chi connectivity index (χ1) is 8.04. The Bertz CT molecular complexity index is 402. The highest BCUT2D eigenvalue weighted by molar-refractivity contribution is 5.99. The number of aliphatic imine (C=N–C) groups is 1. The number of nitrogens with two attached hydrogens (primary N) is 1. The molecule has 1 aromatic carbocycles. The number of hydrogen-bond donors (Lipinski definition) is 1. The summed E-state index contributed by atoms with van der Waals surface area (Å²) in [7, 11) is 1.81. The van der Waals surface area contributed by atoms with Gasteiger partial charge in [0.25, 0.3) is 0 Å². The lowest BCUT2D eigenvalue weighted by Gasteiger charge is -2.32. The predicted octanol–water partition coefficient (Wildman–Crippen LogP) is 3.36. The molecule has 0 fully saturated rings. The van der Waals surface area contributed by atoms with Crippen LogP contribution in [0.1, 0.15) is 32.4 Å². The molecule has 0 saturated heterocycles. The zero-order chi connectivity index (χ0) is 12.9. The van der Waals surface area contributed by atoms with Gasteiger partial charge in [-0.2, -0.15) is 0 Å². The van der Waals surface area contributed by atoms with Crippen LogP contribution in [0.2, 0.25) is 0 Å². The molecule has 0 aliphatic carbocycles. The van der Waals surface area contributed by atoms with Crippen molar-refractivity contribution < 1.29 is 0 Å². The van der Waals surface area contributed by atoms with E-state index in [0.29, 0.717) is 0 Å². The molecule has 0 aromatic heterocycles. The van der Waals surface area contributed by atoms with Crippen LogP contribution in [0, 0.1) is 5.41 Å². The van der Waals surface area contributed by atoms with Gasteiger partial charge in [-0.15, -0.1) is 0 Å². The average molecular weight is 230 g/mol. The van der Waals surface area contributed by atoms with Crippen LogP contribution in [0.3, 0.4) is 0 Å². The average Bonchev–Trinajstić information content (AvgIpc) is 2.35. The maximum Gasteiger partial charge on any atom is 0.0416 e. The van der Waals surface area contributed by atoms with Gasteiger partial charge in [0, 0.05) is 24.2 Å². The molecule has 0 amide bonds. The third-order valence-corrected chi connectivity index (χ3v) is 3.16. The maximum atomic E-state index is 6.36. The molecule has 1 atom stereocenters. The Hall–Kier alpha value is -1.41. The molecule has 2 N–H and O–H groups in total. The van der Waals surface area contributed by atoms with E-state index in [9.17, 15) is 0 Å². The van der Waals surface area contributed by atoms with Gasteiger partial charge < -0.3 is 5.73 Å². The fraction of sp³-hybridized carbons (Fsp3) is 0.400. The summed E-state index contributed by atoms with van der Waals surface area (Å²) in [4.78, 5) is 4.35. The molecular weight excluding hydrogens is 208 g/mol. The largest absolute Gasteiger partial charge is 0.323 e. The van der Waals surface area contributed by atoms with E-state index < -0.39 is 0 Å². The van der Waals surface area contributed by atoms with E-state index in [1.807, 2.05) is 44.3 Å². The van der Waals surface area contributed by atoms with Crippen LogP contribution in [0.4, 0.5) is 0 Å². The van der Waals surface area contributed by atoms with Gasteiger partial charge in [0.1, 0.15) is 0 Å². The summed E-state index contributed by atoms with van der Waals surface area (Å²) in [6.45, 7) is 6.26. The van der Waals surface area contributed by atoms with Crippen molar-refractivity contribution in [3.63, 3.8) is 0 Å². The molecule has 1 unspecified atom stereocenters. The van der Waals surface area contributed by atoms with Gasteiger partial charge in [0.15, 0.2) is 0 Å². The summed E-state index contributed by atoms with van der Waals surface area (Å²) in [6, 6.07) is 10.1. The Morgan fingerprint density at radius 2 is 1.88 bits per heavy atom. The molecule has 0 saturated carbocycles. The minimum atomic E-state index is -0.178. The lowest BCUT2D eigenvalue weighted by atomic mass is 9.76.